The van der Waals surface area contributed by atoms with E-state index in [1.807, 2.05) is 13.0 Å². The number of aryl methyl sites for hydroxylation is 1. The van der Waals surface area contributed by atoms with Crippen LogP contribution < -0.4 is 15.2 Å². The topological polar surface area (TPSA) is 64.7 Å². The molecule has 3 N–H and O–H groups in total. The van der Waals surface area contributed by atoms with Gasteiger partial charge < -0.3 is 20.3 Å². The average Bonchev–Trinajstić information content (AvgIpc) is 2.26. The molecule has 0 aromatic heterocycles. The van der Waals surface area contributed by atoms with Gasteiger partial charge in [0.15, 0.2) is 11.5 Å². The Bertz CT molecular complexity index is 396. The molecule has 96 valence electrons. The van der Waals surface area contributed by atoms with E-state index in [1.54, 1.807) is 34.1 Å². The van der Waals surface area contributed by atoms with Crippen LogP contribution in [0.1, 0.15) is 31.1 Å². The van der Waals surface area contributed by atoms with Gasteiger partial charge in [-0.25, -0.2) is 0 Å². The molecule has 17 heavy (non-hydrogen) atoms. The molecule has 1 aromatic rings. The zero-order chi connectivity index (χ0) is 13.2. The highest BCUT2D eigenvalue weighted by Crippen LogP contribution is 2.35. The Kier molecular flexibility index (Phi) is 4.01. The summed E-state index contributed by atoms with van der Waals surface area (Å²) in [6, 6.07) is 3.61. The quantitative estimate of drug-likeness (QED) is 0.840. The number of hydrogen-bond acceptors (Lipinski definition) is 4. The van der Waals surface area contributed by atoms with Crippen molar-refractivity contribution in [2.75, 3.05) is 14.2 Å². The van der Waals surface area contributed by atoms with Gasteiger partial charge in [-0.2, -0.15) is 0 Å². The molecule has 0 fully saturated rings. The van der Waals surface area contributed by atoms with Crippen LogP contribution in [0, 0.1) is 6.92 Å². The lowest BCUT2D eigenvalue weighted by atomic mass is 9.89. The first-order valence-corrected chi connectivity index (χ1v) is 5.50. The maximum Gasteiger partial charge on any atom is 0.161 e. The largest absolute Gasteiger partial charge is 0.493 e. The second-order valence-electron chi connectivity index (χ2n) is 4.79. The molecule has 4 nitrogen and oxygen atoms in total. The van der Waals surface area contributed by atoms with E-state index in [-0.39, 0.29) is 0 Å². The minimum atomic E-state index is -0.748. The van der Waals surface area contributed by atoms with Gasteiger partial charge in [0, 0.05) is 5.54 Å². The van der Waals surface area contributed by atoms with Crippen molar-refractivity contribution in [2.45, 2.75) is 32.4 Å². The average molecular weight is 239 g/mol. The lowest BCUT2D eigenvalue weighted by Gasteiger charge is -2.28. The Balaban J connectivity index is 3.26. The third-order valence-electron chi connectivity index (χ3n) is 2.77. The minimum absolute atomic E-state index is 0.594. The van der Waals surface area contributed by atoms with Gasteiger partial charge >= 0.3 is 0 Å². The van der Waals surface area contributed by atoms with Gasteiger partial charge in [-0.15, -0.1) is 0 Å². The van der Waals surface area contributed by atoms with E-state index < -0.39 is 11.6 Å². The monoisotopic (exact) mass is 239 g/mol. The molecule has 1 aromatic carbocycles. The molecule has 0 bridgehead atoms. The summed E-state index contributed by atoms with van der Waals surface area (Å²) in [6.07, 6.45) is -0.748. The SMILES string of the molecule is COc1cc(C)c(C(O)C(C)(C)N)cc1OC. The van der Waals surface area contributed by atoms with Gasteiger partial charge in [-0.05, 0) is 44.0 Å². The molecular weight excluding hydrogens is 218 g/mol. The van der Waals surface area contributed by atoms with E-state index in [1.165, 1.54) is 0 Å². The third-order valence-corrected chi connectivity index (χ3v) is 2.77. The van der Waals surface area contributed by atoms with Gasteiger partial charge in [-0.3, -0.25) is 0 Å². The third kappa shape index (κ3) is 2.90. The predicted octanol–water partition coefficient (Wildman–Crippen LogP) is 1.78. The molecule has 4 heteroatoms. The normalized spacial score (nSPS) is 13.4. The second kappa shape index (κ2) is 4.94. The van der Waals surface area contributed by atoms with E-state index in [2.05, 4.69) is 0 Å². The van der Waals surface area contributed by atoms with Crippen LogP contribution in [0.25, 0.3) is 0 Å². The summed E-state index contributed by atoms with van der Waals surface area (Å²) in [5.74, 6) is 1.24. The summed E-state index contributed by atoms with van der Waals surface area (Å²) in [6.45, 7) is 5.48. The molecule has 0 spiro atoms. The molecule has 1 rings (SSSR count). The van der Waals surface area contributed by atoms with Crippen LogP contribution in [0.15, 0.2) is 12.1 Å². The van der Waals surface area contributed by atoms with Crippen molar-refractivity contribution in [3.05, 3.63) is 23.3 Å². The fraction of sp³-hybridized carbons (Fsp3) is 0.538. The maximum atomic E-state index is 10.2. The second-order valence-corrected chi connectivity index (χ2v) is 4.79. The summed E-state index contributed by atoms with van der Waals surface area (Å²) in [4.78, 5) is 0. The van der Waals surface area contributed by atoms with Crippen molar-refractivity contribution >= 4 is 0 Å². The lowest BCUT2D eigenvalue weighted by Crippen LogP contribution is -2.39. The summed E-state index contributed by atoms with van der Waals surface area (Å²) in [5.41, 5.74) is 6.90. The van der Waals surface area contributed by atoms with Crippen molar-refractivity contribution < 1.29 is 14.6 Å². The van der Waals surface area contributed by atoms with Gasteiger partial charge in [0.25, 0.3) is 0 Å². The minimum Gasteiger partial charge on any atom is -0.493 e. The molecule has 0 aliphatic carbocycles. The van der Waals surface area contributed by atoms with Crippen LogP contribution in [-0.4, -0.2) is 24.9 Å². The molecule has 0 heterocycles. The van der Waals surface area contributed by atoms with Crippen molar-refractivity contribution in [2.24, 2.45) is 5.73 Å². The van der Waals surface area contributed by atoms with Gasteiger partial charge in [0.2, 0.25) is 0 Å². The van der Waals surface area contributed by atoms with E-state index in [0.29, 0.717) is 11.5 Å². The maximum absolute atomic E-state index is 10.2. The molecule has 1 unspecified atom stereocenters. The summed E-state index contributed by atoms with van der Waals surface area (Å²) in [5, 5.41) is 10.2. The number of benzene rings is 1. The summed E-state index contributed by atoms with van der Waals surface area (Å²) in [7, 11) is 3.15. The molecule has 0 amide bonds. The van der Waals surface area contributed by atoms with E-state index in [9.17, 15) is 5.11 Å². The number of aliphatic hydroxyl groups excluding tert-OH is 1. The predicted molar refractivity (Wildman–Crippen MR) is 67.5 cm³/mol. The molecule has 1 atom stereocenters. The first kappa shape index (κ1) is 13.8. The molecular formula is C13H21NO3. The molecule has 0 aliphatic rings. The first-order chi connectivity index (χ1) is 7.81. The summed E-state index contributed by atoms with van der Waals surface area (Å²) >= 11 is 0. The van der Waals surface area contributed by atoms with E-state index in [4.69, 9.17) is 15.2 Å². The number of aliphatic hydroxyl groups is 1. The van der Waals surface area contributed by atoms with Gasteiger partial charge in [0.05, 0.1) is 20.3 Å². The van der Waals surface area contributed by atoms with Crippen molar-refractivity contribution in [3.8, 4) is 11.5 Å². The zero-order valence-corrected chi connectivity index (χ0v) is 11.1. The van der Waals surface area contributed by atoms with E-state index in [0.717, 1.165) is 11.1 Å². The van der Waals surface area contributed by atoms with Crippen LogP contribution in [0.2, 0.25) is 0 Å². The number of ether oxygens (including phenoxy) is 2. The highest BCUT2D eigenvalue weighted by atomic mass is 16.5. The van der Waals surface area contributed by atoms with Crippen LogP contribution >= 0.6 is 0 Å². The number of rotatable bonds is 4. The Morgan fingerprint density at radius 1 is 1.18 bits per heavy atom. The zero-order valence-electron chi connectivity index (χ0n) is 11.1. The van der Waals surface area contributed by atoms with Crippen molar-refractivity contribution in [1.82, 2.24) is 0 Å². The van der Waals surface area contributed by atoms with Crippen molar-refractivity contribution in [3.63, 3.8) is 0 Å². The molecule has 0 saturated heterocycles. The highest BCUT2D eigenvalue weighted by molar-refractivity contribution is 5.48. The molecule has 0 saturated carbocycles. The number of methoxy groups -OCH3 is 2. The number of hydrogen-bond donors (Lipinski definition) is 2. The Morgan fingerprint density at radius 3 is 2.06 bits per heavy atom. The molecule has 0 radical (unpaired) electrons. The smallest absolute Gasteiger partial charge is 0.161 e. The fourth-order valence-electron chi connectivity index (χ4n) is 1.69. The van der Waals surface area contributed by atoms with E-state index >= 15 is 0 Å². The van der Waals surface area contributed by atoms with Gasteiger partial charge in [0.1, 0.15) is 0 Å². The van der Waals surface area contributed by atoms with Crippen LogP contribution in [0.5, 0.6) is 11.5 Å². The standard InChI is InChI=1S/C13H21NO3/c1-8-6-10(16-4)11(17-5)7-9(8)12(15)13(2,3)14/h6-7,12,15H,14H2,1-5H3. The van der Waals surface area contributed by atoms with Crippen LogP contribution in [-0.2, 0) is 0 Å². The molecule has 0 aliphatic heterocycles. The Hall–Kier alpha value is -1.26. The fourth-order valence-corrected chi connectivity index (χ4v) is 1.69. The van der Waals surface area contributed by atoms with Crippen LogP contribution in [0.4, 0.5) is 0 Å². The lowest BCUT2D eigenvalue weighted by molar-refractivity contribution is 0.104. The number of nitrogens with two attached hydrogens (primary N) is 1. The summed E-state index contributed by atoms with van der Waals surface area (Å²) < 4.78 is 10.4. The van der Waals surface area contributed by atoms with Crippen molar-refractivity contribution in [1.29, 1.82) is 0 Å². The van der Waals surface area contributed by atoms with Crippen LogP contribution in [0.3, 0.4) is 0 Å². The van der Waals surface area contributed by atoms with Gasteiger partial charge in [-0.1, -0.05) is 0 Å². The first-order valence-electron chi connectivity index (χ1n) is 5.50. The highest BCUT2D eigenvalue weighted by Gasteiger charge is 2.26. The Morgan fingerprint density at radius 2 is 1.65 bits per heavy atom. The Labute approximate surface area is 102 Å².